The summed E-state index contributed by atoms with van der Waals surface area (Å²) in [4.78, 5) is 7.93. The Morgan fingerprint density at radius 3 is 2.68 bits per heavy atom. The van der Waals surface area contributed by atoms with Gasteiger partial charge in [0.1, 0.15) is 5.82 Å². The molecular formula is C11H11F3N4S. The Balaban J connectivity index is 2.23. The zero-order chi connectivity index (χ0) is 14.0. The summed E-state index contributed by atoms with van der Waals surface area (Å²) >= 11 is 1.50. The number of alkyl halides is 3. The van der Waals surface area contributed by atoms with Gasteiger partial charge in [-0.3, -0.25) is 0 Å². The lowest BCUT2D eigenvalue weighted by Crippen LogP contribution is -2.14. The molecule has 8 heteroatoms. The predicted octanol–water partition coefficient (Wildman–Crippen LogP) is 3.31. The summed E-state index contributed by atoms with van der Waals surface area (Å²) in [5, 5.41) is 4.77. The molecule has 0 fully saturated rings. The molecule has 102 valence electrons. The van der Waals surface area contributed by atoms with E-state index < -0.39 is 17.8 Å². The predicted molar refractivity (Wildman–Crippen MR) is 67.8 cm³/mol. The van der Waals surface area contributed by atoms with Gasteiger partial charge in [-0.25, -0.2) is 4.98 Å². The second kappa shape index (κ2) is 5.04. The lowest BCUT2D eigenvalue weighted by molar-refractivity contribution is -0.141. The molecule has 2 rings (SSSR count). The number of thiophene rings is 1. The number of hydrogen-bond donors (Lipinski definition) is 2. The number of rotatable bonds is 3. The fourth-order valence-electron chi connectivity index (χ4n) is 1.52. The molecule has 0 aliphatic heterocycles. The SMILES string of the molecule is CC(Nc1cc(C(F)(F)F)nc(N)n1)c1cccs1. The van der Waals surface area contributed by atoms with E-state index in [9.17, 15) is 13.2 Å². The third-order valence-corrected chi connectivity index (χ3v) is 3.42. The second-order valence-corrected chi connectivity index (χ2v) is 4.86. The molecule has 2 aromatic rings. The summed E-state index contributed by atoms with van der Waals surface area (Å²) in [7, 11) is 0. The molecule has 0 spiro atoms. The van der Waals surface area contributed by atoms with Gasteiger partial charge < -0.3 is 11.1 Å². The quantitative estimate of drug-likeness (QED) is 0.909. The lowest BCUT2D eigenvalue weighted by atomic mass is 10.2. The molecule has 4 nitrogen and oxygen atoms in total. The van der Waals surface area contributed by atoms with Gasteiger partial charge in [0.05, 0.1) is 6.04 Å². The Morgan fingerprint density at radius 1 is 1.37 bits per heavy atom. The van der Waals surface area contributed by atoms with Gasteiger partial charge in [-0.2, -0.15) is 18.2 Å². The van der Waals surface area contributed by atoms with Crippen LogP contribution in [0.2, 0.25) is 0 Å². The van der Waals surface area contributed by atoms with E-state index in [0.29, 0.717) is 0 Å². The first-order valence-corrected chi connectivity index (χ1v) is 6.26. The maximum atomic E-state index is 12.6. The number of nitrogens with zero attached hydrogens (tertiary/aromatic N) is 2. The molecule has 0 aromatic carbocycles. The minimum atomic E-state index is -4.54. The summed E-state index contributed by atoms with van der Waals surface area (Å²) in [6.07, 6.45) is -4.54. The Bertz CT molecular complexity index is 554. The first-order valence-electron chi connectivity index (χ1n) is 5.38. The first kappa shape index (κ1) is 13.6. The average Bonchev–Trinajstić information content (AvgIpc) is 2.80. The molecule has 19 heavy (non-hydrogen) atoms. The number of nitrogens with one attached hydrogen (secondary N) is 1. The van der Waals surface area contributed by atoms with Gasteiger partial charge in [-0.15, -0.1) is 11.3 Å². The van der Waals surface area contributed by atoms with E-state index in [2.05, 4.69) is 15.3 Å². The van der Waals surface area contributed by atoms with E-state index in [4.69, 9.17) is 5.73 Å². The van der Waals surface area contributed by atoms with Gasteiger partial charge in [0.15, 0.2) is 5.69 Å². The van der Waals surface area contributed by atoms with Crippen LogP contribution in [-0.4, -0.2) is 9.97 Å². The van der Waals surface area contributed by atoms with Crippen LogP contribution in [0.4, 0.5) is 24.9 Å². The van der Waals surface area contributed by atoms with Gasteiger partial charge in [0.25, 0.3) is 0 Å². The van der Waals surface area contributed by atoms with Gasteiger partial charge >= 0.3 is 6.18 Å². The summed E-state index contributed by atoms with van der Waals surface area (Å²) < 4.78 is 37.8. The van der Waals surface area contributed by atoms with Crippen LogP contribution in [0.5, 0.6) is 0 Å². The molecule has 0 radical (unpaired) electrons. The Morgan fingerprint density at radius 2 is 2.11 bits per heavy atom. The van der Waals surface area contributed by atoms with Gasteiger partial charge in [-0.05, 0) is 18.4 Å². The van der Waals surface area contributed by atoms with Crippen molar-refractivity contribution in [1.29, 1.82) is 0 Å². The molecule has 0 aliphatic carbocycles. The molecule has 0 saturated carbocycles. The standard InChI is InChI=1S/C11H11F3N4S/c1-6(7-3-2-4-19-7)16-9-5-8(11(12,13)14)17-10(15)18-9/h2-6H,1H3,(H3,15,16,17,18). The Kier molecular flexibility index (Phi) is 3.61. The van der Waals surface area contributed by atoms with Crippen LogP contribution in [0.1, 0.15) is 23.5 Å². The third kappa shape index (κ3) is 3.34. The van der Waals surface area contributed by atoms with E-state index in [0.717, 1.165) is 10.9 Å². The summed E-state index contributed by atoms with van der Waals surface area (Å²) in [6.45, 7) is 1.83. The Labute approximate surface area is 111 Å². The van der Waals surface area contributed by atoms with Crippen molar-refractivity contribution in [2.24, 2.45) is 0 Å². The third-order valence-electron chi connectivity index (χ3n) is 2.37. The highest BCUT2D eigenvalue weighted by Crippen LogP contribution is 2.30. The monoisotopic (exact) mass is 288 g/mol. The molecule has 2 aromatic heterocycles. The van der Waals surface area contributed by atoms with Gasteiger partial charge in [0.2, 0.25) is 5.95 Å². The fraction of sp³-hybridized carbons (Fsp3) is 0.273. The minimum Gasteiger partial charge on any atom is -0.368 e. The fourth-order valence-corrected chi connectivity index (χ4v) is 2.25. The van der Waals surface area contributed by atoms with Gasteiger partial charge in [0, 0.05) is 10.9 Å². The van der Waals surface area contributed by atoms with Crippen LogP contribution in [0.3, 0.4) is 0 Å². The van der Waals surface area contributed by atoms with E-state index in [1.54, 1.807) is 0 Å². The number of nitrogens with two attached hydrogens (primary N) is 1. The normalized spacial score (nSPS) is 13.3. The molecule has 0 aliphatic rings. The zero-order valence-electron chi connectivity index (χ0n) is 9.90. The number of aromatic nitrogens is 2. The van der Waals surface area contributed by atoms with Crippen molar-refractivity contribution in [1.82, 2.24) is 9.97 Å². The number of halogens is 3. The Hall–Kier alpha value is -1.83. The second-order valence-electron chi connectivity index (χ2n) is 3.88. The van der Waals surface area contributed by atoms with Crippen molar-refractivity contribution in [2.75, 3.05) is 11.1 Å². The maximum absolute atomic E-state index is 12.6. The largest absolute Gasteiger partial charge is 0.433 e. The maximum Gasteiger partial charge on any atom is 0.433 e. The van der Waals surface area contributed by atoms with E-state index in [-0.39, 0.29) is 11.9 Å². The number of hydrogen-bond acceptors (Lipinski definition) is 5. The molecular weight excluding hydrogens is 277 g/mol. The van der Waals surface area contributed by atoms with Crippen molar-refractivity contribution >= 4 is 23.1 Å². The van der Waals surface area contributed by atoms with E-state index in [1.807, 2.05) is 24.4 Å². The molecule has 0 amide bonds. The highest BCUT2D eigenvalue weighted by atomic mass is 32.1. The molecule has 2 heterocycles. The van der Waals surface area contributed by atoms with Crippen LogP contribution < -0.4 is 11.1 Å². The highest BCUT2D eigenvalue weighted by molar-refractivity contribution is 7.10. The lowest BCUT2D eigenvalue weighted by Gasteiger charge is -2.14. The van der Waals surface area contributed by atoms with Crippen LogP contribution in [0.15, 0.2) is 23.6 Å². The van der Waals surface area contributed by atoms with Crippen LogP contribution in [-0.2, 0) is 6.18 Å². The summed E-state index contributed by atoms with van der Waals surface area (Å²) in [5.41, 5.74) is 4.24. The van der Waals surface area contributed by atoms with Crippen molar-refractivity contribution in [3.05, 3.63) is 34.2 Å². The van der Waals surface area contributed by atoms with E-state index >= 15 is 0 Å². The van der Waals surface area contributed by atoms with Gasteiger partial charge in [-0.1, -0.05) is 6.07 Å². The van der Waals surface area contributed by atoms with Crippen LogP contribution in [0, 0.1) is 0 Å². The summed E-state index contributed by atoms with van der Waals surface area (Å²) in [6, 6.07) is 4.45. The summed E-state index contributed by atoms with van der Waals surface area (Å²) in [5.74, 6) is -0.351. The van der Waals surface area contributed by atoms with Crippen LogP contribution in [0.25, 0.3) is 0 Å². The number of anilines is 2. The van der Waals surface area contributed by atoms with Crippen molar-refractivity contribution in [2.45, 2.75) is 19.1 Å². The zero-order valence-corrected chi connectivity index (χ0v) is 10.7. The van der Waals surface area contributed by atoms with Crippen molar-refractivity contribution < 1.29 is 13.2 Å². The minimum absolute atomic E-state index is 0.0562. The highest BCUT2D eigenvalue weighted by Gasteiger charge is 2.33. The topological polar surface area (TPSA) is 63.8 Å². The van der Waals surface area contributed by atoms with Crippen molar-refractivity contribution in [3.63, 3.8) is 0 Å². The molecule has 1 atom stereocenters. The van der Waals surface area contributed by atoms with Crippen LogP contribution >= 0.6 is 11.3 Å². The molecule has 0 saturated heterocycles. The molecule has 1 unspecified atom stereocenters. The average molecular weight is 288 g/mol. The number of nitrogen functional groups attached to an aromatic ring is 1. The first-order chi connectivity index (χ1) is 8.86. The van der Waals surface area contributed by atoms with Crippen molar-refractivity contribution in [3.8, 4) is 0 Å². The smallest absolute Gasteiger partial charge is 0.368 e. The molecule has 0 bridgehead atoms. The van der Waals surface area contributed by atoms with E-state index in [1.165, 1.54) is 11.3 Å². The molecule has 3 N–H and O–H groups in total.